The molecule has 3 aromatic rings. The Morgan fingerprint density at radius 3 is 2.56 bits per heavy atom. The van der Waals surface area contributed by atoms with Crippen molar-refractivity contribution < 1.29 is 34.2 Å². The smallest absolute Gasteiger partial charge is 0.271 e. The van der Waals surface area contributed by atoms with E-state index in [-0.39, 0.29) is 30.1 Å². The summed E-state index contributed by atoms with van der Waals surface area (Å²) >= 11 is 0. The molecule has 45 heavy (non-hydrogen) atoms. The quantitative estimate of drug-likeness (QED) is 0.120. The first-order valence-electron chi connectivity index (χ1n) is 14.8. The van der Waals surface area contributed by atoms with E-state index in [0.29, 0.717) is 28.8 Å². The van der Waals surface area contributed by atoms with Crippen LogP contribution in [-0.2, 0) is 9.59 Å². The van der Waals surface area contributed by atoms with Crippen molar-refractivity contribution in [2.75, 3.05) is 11.5 Å². The van der Waals surface area contributed by atoms with Gasteiger partial charge in [-0.15, -0.1) is 0 Å². The lowest BCUT2D eigenvalue weighted by molar-refractivity contribution is -0.384. The van der Waals surface area contributed by atoms with Crippen LogP contribution >= 0.6 is 0 Å². The number of aromatic nitrogens is 1. The maximum atomic E-state index is 14.1. The largest absolute Gasteiger partial charge is 0.505 e. The van der Waals surface area contributed by atoms with Crippen LogP contribution in [0.25, 0.3) is 11.6 Å². The van der Waals surface area contributed by atoms with Crippen LogP contribution in [0.5, 0.6) is 5.75 Å². The number of aliphatic hydroxyl groups excluding tert-OH is 2. The Morgan fingerprint density at radius 2 is 1.91 bits per heavy atom. The fourth-order valence-corrected chi connectivity index (χ4v) is 6.53. The van der Waals surface area contributed by atoms with Gasteiger partial charge in [-0.1, -0.05) is 37.6 Å². The highest BCUT2D eigenvalue weighted by Gasteiger charge is 2.55. The van der Waals surface area contributed by atoms with Gasteiger partial charge in [-0.3, -0.25) is 24.7 Å². The number of allylic oxidation sites excluding steroid dienone is 2. The summed E-state index contributed by atoms with van der Waals surface area (Å²) in [7, 11) is 0. The van der Waals surface area contributed by atoms with Gasteiger partial charge in [0.25, 0.3) is 5.69 Å². The number of rotatable bonds is 10. The molecule has 0 radical (unpaired) electrons. The van der Waals surface area contributed by atoms with E-state index in [0.717, 1.165) is 10.5 Å². The molecule has 11 heteroatoms. The van der Waals surface area contributed by atoms with Crippen LogP contribution in [-0.4, -0.2) is 49.8 Å². The lowest BCUT2D eigenvalue weighted by Crippen LogP contribution is -2.39. The van der Waals surface area contributed by atoms with Crippen molar-refractivity contribution in [2.45, 2.75) is 39.2 Å². The molecular formula is C34H34FN3O7. The molecule has 1 aliphatic carbocycles. The highest BCUT2D eigenvalue weighted by atomic mass is 19.1. The monoisotopic (exact) mass is 615 g/mol. The summed E-state index contributed by atoms with van der Waals surface area (Å²) in [5, 5.41) is 43.3. The number of hydrogen-bond donors (Lipinski definition) is 3. The first kappa shape index (κ1) is 31.7. The second kappa shape index (κ2) is 13.1. The minimum absolute atomic E-state index is 0.0919. The maximum absolute atomic E-state index is 14.1. The summed E-state index contributed by atoms with van der Waals surface area (Å²) in [5.74, 6) is -4.97. The summed E-state index contributed by atoms with van der Waals surface area (Å²) in [5.41, 5.74) is 2.94. The van der Waals surface area contributed by atoms with E-state index in [1.165, 1.54) is 36.4 Å². The van der Waals surface area contributed by atoms with Crippen LogP contribution in [0.4, 0.5) is 15.8 Å². The molecule has 2 amide bonds. The molecule has 0 bridgehead atoms. The van der Waals surface area contributed by atoms with E-state index >= 15 is 0 Å². The number of anilines is 1. The van der Waals surface area contributed by atoms with Crippen molar-refractivity contribution in [3.8, 4) is 5.75 Å². The average molecular weight is 616 g/mol. The van der Waals surface area contributed by atoms with E-state index in [2.05, 4.69) is 4.98 Å². The minimum Gasteiger partial charge on any atom is -0.505 e. The number of nitro benzene ring substituents is 1. The van der Waals surface area contributed by atoms with Crippen LogP contribution in [0.1, 0.15) is 44.4 Å². The first-order chi connectivity index (χ1) is 21.5. The Balaban J connectivity index is 1.46. The lowest BCUT2D eigenvalue weighted by atomic mass is 9.66. The zero-order valence-corrected chi connectivity index (χ0v) is 24.8. The van der Waals surface area contributed by atoms with Gasteiger partial charge in [0.05, 0.1) is 40.9 Å². The van der Waals surface area contributed by atoms with Crippen molar-refractivity contribution in [1.29, 1.82) is 0 Å². The number of non-ortho nitro benzene ring substituents is 1. The molecule has 234 valence electrons. The van der Waals surface area contributed by atoms with Gasteiger partial charge in [0.2, 0.25) is 11.8 Å². The highest BCUT2D eigenvalue weighted by Crippen LogP contribution is 2.49. The number of hydrogen-bond acceptors (Lipinski definition) is 8. The van der Waals surface area contributed by atoms with Crippen LogP contribution in [0, 0.1) is 39.6 Å². The number of nitrogens with zero attached hydrogens (tertiary/aromatic N) is 3. The third-order valence-corrected chi connectivity index (χ3v) is 8.67. The Labute approximate surface area is 259 Å². The van der Waals surface area contributed by atoms with Gasteiger partial charge in [-0.25, -0.2) is 9.29 Å². The Bertz CT molecular complexity index is 1690. The predicted octanol–water partition coefficient (Wildman–Crippen LogP) is 5.29. The number of amides is 2. The molecule has 1 aromatic heterocycles. The van der Waals surface area contributed by atoms with Crippen molar-refractivity contribution in [3.05, 3.63) is 105 Å². The molecule has 10 nitrogen and oxygen atoms in total. The normalized spacial score (nSPS) is 21.0. The lowest BCUT2D eigenvalue weighted by Gasteiger charge is -2.38. The van der Waals surface area contributed by atoms with Gasteiger partial charge in [-0.05, 0) is 78.3 Å². The SMILES string of the molecule is CC(C)C1=C([C@H](O)CC/C(=C/c2ccc(O)c(F)c2)c2ccccn2)[C@H](CO)[C@@H]2C(=O)N(c3cccc([N+](=O)[O-])c3)C(=O)[C@@H]2C1. The number of halogens is 1. The summed E-state index contributed by atoms with van der Waals surface area (Å²) in [6.45, 7) is 3.37. The van der Waals surface area contributed by atoms with Crippen molar-refractivity contribution in [1.82, 2.24) is 4.98 Å². The number of carbonyl (C=O) groups excluding carboxylic acids is 2. The second-order valence-corrected chi connectivity index (χ2v) is 11.7. The van der Waals surface area contributed by atoms with Gasteiger partial charge < -0.3 is 15.3 Å². The van der Waals surface area contributed by atoms with E-state index < -0.39 is 58.8 Å². The van der Waals surface area contributed by atoms with Crippen LogP contribution < -0.4 is 4.90 Å². The number of pyridine rings is 1. The second-order valence-electron chi connectivity index (χ2n) is 11.7. The molecule has 2 aliphatic rings. The summed E-state index contributed by atoms with van der Waals surface area (Å²) in [4.78, 5) is 43.6. The number of imide groups is 1. The molecule has 1 saturated heterocycles. The van der Waals surface area contributed by atoms with Crippen molar-refractivity contribution >= 4 is 34.8 Å². The maximum Gasteiger partial charge on any atom is 0.271 e. The van der Waals surface area contributed by atoms with E-state index in [1.54, 1.807) is 30.5 Å². The number of carbonyl (C=O) groups is 2. The highest BCUT2D eigenvalue weighted by molar-refractivity contribution is 6.22. The Kier molecular flexibility index (Phi) is 9.21. The Morgan fingerprint density at radius 1 is 1.13 bits per heavy atom. The van der Waals surface area contributed by atoms with Crippen LogP contribution in [0.15, 0.2) is 78.0 Å². The molecule has 5 rings (SSSR count). The zero-order chi connectivity index (χ0) is 32.4. The minimum atomic E-state index is -1.08. The summed E-state index contributed by atoms with van der Waals surface area (Å²) in [6, 6.07) is 14.7. The summed E-state index contributed by atoms with van der Waals surface area (Å²) < 4.78 is 14.1. The molecule has 0 unspecified atom stereocenters. The molecule has 2 heterocycles. The van der Waals surface area contributed by atoms with Gasteiger partial charge in [0.1, 0.15) is 0 Å². The number of phenolic OH excluding ortho intramolecular Hbond substituents is 1. The fraction of sp³-hybridized carbons (Fsp3) is 0.324. The predicted molar refractivity (Wildman–Crippen MR) is 165 cm³/mol. The summed E-state index contributed by atoms with van der Waals surface area (Å²) in [6.07, 6.45) is 2.95. The number of fused-ring (bicyclic) bond motifs is 1. The number of aliphatic hydroxyl groups is 2. The van der Waals surface area contributed by atoms with Gasteiger partial charge in [0.15, 0.2) is 11.6 Å². The van der Waals surface area contributed by atoms with E-state index in [9.17, 15) is 39.4 Å². The molecule has 1 fully saturated rings. The molecular weight excluding hydrogens is 581 g/mol. The average Bonchev–Trinajstić information content (AvgIpc) is 3.29. The van der Waals surface area contributed by atoms with Gasteiger partial charge >= 0.3 is 0 Å². The molecule has 1 aliphatic heterocycles. The molecule has 2 aromatic carbocycles. The topological polar surface area (TPSA) is 154 Å². The number of phenols is 1. The number of aromatic hydroxyl groups is 1. The zero-order valence-electron chi connectivity index (χ0n) is 24.8. The third kappa shape index (κ3) is 6.27. The van der Waals surface area contributed by atoms with E-state index in [1.807, 2.05) is 19.9 Å². The van der Waals surface area contributed by atoms with Crippen LogP contribution in [0.3, 0.4) is 0 Å². The van der Waals surface area contributed by atoms with Crippen molar-refractivity contribution in [3.63, 3.8) is 0 Å². The molecule has 3 N–H and O–H groups in total. The fourth-order valence-electron chi connectivity index (χ4n) is 6.53. The van der Waals surface area contributed by atoms with Gasteiger partial charge in [-0.2, -0.15) is 0 Å². The van der Waals surface area contributed by atoms with Gasteiger partial charge in [0, 0.05) is 24.2 Å². The number of nitro groups is 1. The number of benzene rings is 2. The first-order valence-corrected chi connectivity index (χ1v) is 14.8. The molecule has 0 saturated carbocycles. The molecule has 4 atom stereocenters. The molecule has 0 spiro atoms. The third-order valence-electron chi connectivity index (χ3n) is 8.67. The van der Waals surface area contributed by atoms with E-state index in [4.69, 9.17) is 0 Å². The van der Waals surface area contributed by atoms with Crippen molar-refractivity contribution in [2.24, 2.45) is 23.7 Å². The Hall–Kier alpha value is -4.74. The standard InChI is InChI=1S/C34H34FN3O7/c1-19(2)24-17-25-32(34(43)37(33(25)42)22-6-5-7-23(16-22)38(44)45)26(18-39)31(24)30(41)12-10-21(28-8-3-4-13-36-28)14-20-9-11-29(40)27(35)15-20/h3-9,11,13-16,19,25-26,30,32,39-41H,10,12,17-18H2,1-2H3/b21-14-/t25-,26+,30-,32-/m1/s1. The van der Waals surface area contributed by atoms with Crippen LogP contribution in [0.2, 0.25) is 0 Å².